The Bertz CT molecular complexity index is 339. The summed E-state index contributed by atoms with van der Waals surface area (Å²) >= 11 is 0. The molecule has 0 aromatic rings. The minimum atomic E-state index is -0.435. The van der Waals surface area contributed by atoms with E-state index in [1.54, 1.807) is 0 Å². The Morgan fingerprint density at radius 1 is 1.41 bits per heavy atom. The number of aliphatic hydroxyl groups is 1. The molecular formula is C17H34N2O3. The highest BCUT2D eigenvalue weighted by atomic mass is 16.6. The largest absolute Gasteiger partial charge is 0.444 e. The zero-order valence-electron chi connectivity index (χ0n) is 14.9. The van der Waals surface area contributed by atoms with E-state index in [1.807, 2.05) is 32.6 Å². The number of ether oxygens (including phenoxy) is 1. The summed E-state index contributed by atoms with van der Waals surface area (Å²) < 4.78 is 5.50. The van der Waals surface area contributed by atoms with E-state index in [9.17, 15) is 9.90 Å². The van der Waals surface area contributed by atoms with E-state index < -0.39 is 5.60 Å². The van der Waals surface area contributed by atoms with Crippen LogP contribution in [0, 0.1) is 0 Å². The molecular weight excluding hydrogens is 280 g/mol. The van der Waals surface area contributed by atoms with Crippen LogP contribution in [0.3, 0.4) is 0 Å². The summed E-state index contributed by atoms with van der Waals surface area (Å²) in [6.45, 7) is 11.4. The number of carbonyl (C=O) groups excluding carboxylic acids is 1. The van der Waals surface area contributed by atoms with Crippen molar-refractivity contribution in [2.75, 3.05) is 13.1 Å². The van der Waals surface area contributed by atoms with Crippen LogP contribution in [0.5, 0.6) is 0 Å². The number of amides is 1. The summed E-state index contributed by atoms with van der Waals surface area (Å²) in [7, 11) is 0. The van der Waals surface area contributed by atoms with Gasteiger partial charge in [0, 0.05) is 18.6 Å². The summed E-state index contributed by atoms with van der Waals surface area (Å²) in [5.74, 6) is 0. The van der Waals surface area contributed by atoms with Crippen LogP contribution < -0.4 is 5.32 Å². The third kappa shape index (κ3) is 7.45. The fraction of sp³-hybridized carbons (Fsp3) is 0.941. The zero-order valence-corrected chi connectivity index (χ0v) is 14.9. The normalized spacial score (nSPS) is 21.7. The number of hydrogen-bond donors (Lipinski definition) is 2. The topological polar surface area (TPSA) is 61.8 Å². The Hall–Kier alpha value is -0.810. The maximum Gasteiger partial charge on any atom is 0.410 e. The Morgan fingerprint density at radius 2 is 2.09 bits per heavy atom. The van der Waals surface area contributed by atoms with Crippen molar-refractivity contribution in [3.63, 3.8) is 0 Å². The Balaban J connectivity index is 2.35. The van der Waals surface area contributed by atoms with E-state index in [0.29, 0.717) is 6.04 Å². The average Bonchev–Trinajstić information content (AvgIpc) is 2.80. The molecule has 0 spiro atoms. The second-order valence-electron chi connectivity index (χ2n) is 7.55. The van der Waals surface area contributed by atoms with Crippen LogP contribution in [0.1, 0.15) is 66.7 Å². The lowest BCUT2D eigenvalue weighted by Gasteiger charge is -2.30. The van der Waals surface area contributed by atoms with Gasteiger partial charge in [0.15, 0.2) is 0 Å². The lowest BCUT2D eigenvalue weighted by Crippen LogP contribution is -2.42. The van der Waals surface area contributed by atoms with Gasteiger partial charge in [0.05, 0.1) is 6.10 Å². The molecule has 0 radical (unpaired) electrons. The molecule has 1 saturated heterocycles. The smallest absolute Gasteiger partial charge is 0.410 e. The molecule has 3 atom stereocenters. The van der Waals surface area contributed by atoms with Crippen molar-refractivity contribution in [3.05, 3.63) is 0 Å². The molecule has 1 fully saturated rings. The van der Waals surface area contributed by atoms with Crippen molar-refractivity contribution in [3.8, 4) is 0 Å². The highest BCUT2D eigenvalue weighted by Crippen LogP contribution is 2.24. The summed E-state index contributed by atoms with van der Waals surface area (Å²) in [6, 6.07) is 0.635. The Kier molecular flexibility index (Phi) is 7.63. The maximum atomic E-state index is 12.2. The van der Waals surface area contributed by atoms with Crippen LogP contribution in [0.15, 0.2) is 0 Å². The lowest BCUT2D eigenvalue weighted by molar-refractivity contribution is 0.0214. The van der Waals surface area contributed by atoms with Crippen LogP contribution in [-0.2, 0) is 4.74 Å². The standard InChI is InChI=1S/C17H34N2O3/c1-13(18-10-6-8-14(2)20)12-15-9-7-11-19(15)16(21)22-17(3,4)5/h13-15,18,20H,6-12H2,1-5H3. The van der Waals surface area contributed by atoms with Gasteiger partial charge in [-0.2, -0.15) is 0 Å². The van der Waals surface area contributed by atoms with Gasteiger partial charge < -0.3 is 20.1 Å². The van der Waals surface area contributed by atoms with Crippen LogP contribution >= 0.6 is 0 Å². The predicted octanol–water partition coefficient (Wildman–Crippen LogP) is 2.92. The van der Waals surface area contributed by atoms with Gasteiger partial charge in [0.25, 0.3) is 0 Å². The van der Waals surface area contributed by atoms with Crippen LogP contribution in [-0.4, -0.2) is 53.0 Å². The van der Waals surface area contributed by atoms with Crippen molar-refractivity contribution in [2.24, 2.45) is 0 Å². The van der Waals surface area contributed by atoms with Crippen molar-refractivity contribution < 1.29 is 14.6 Å². The van der Waals surface area contributed by atoms with Gasteiger partial charge in [-0.05, 0) is 73.3 Å². The summed E-state index contributed by atoms with van der Waals surface area (Å²) in [6.07, 6.45) is 4.45. The molecule has 3 unspecified atom stereocenters. The molecule has 5 nitrogen and oxygen atoms in total. The number of hydrogen-bond acceptors (Lipinski definition) is 4. The van der Waals surface area contributed by atoms with Gasteiger partial charge in [-0.15, -0.1) is 0 Å². The molecule has 0 bridgehead atoms. The van der Waals surface area contributed by atoms with Crippen molar-refractivity contribution in [2.45, 2.75) is 90.5 Å². The fourth-order valence-electron chi connectivity index (χ4n) is 2.88. The molecule has 22 heavy (non-hydrogen) atoms. The predicted molar refractivity (Wildman–Crippen MR) is 89.0 cm³/mol. The van der Waals surface area contributed by atoms with Gasteiger partial charge in [-0.25, -0.2) is 4.79 Å². The third-order valence-corrected chi connectivity index (χ3v) is 3.92. The monoisotopic (exact) mass is 314 g/mol. The van der Waals surface area contributed by atoms with E-state index in [0.717, 1.165) is 45.2 Å². The zero-order chi connectivity index (χ0) is 16.8. The van der Waals surface area contributed by atoms with Gasteiger partial charge in [-0.3, -0.25) is 0 Å². The quantitative estimate of drug-likeness (QED) is 0.709. The van der Waals surface area contributed by atoms with E-state index in [2.05, 4.69) is 12.2 Å². The van der Waals surface area contributed by atoms with Gasteiger partial charge in [-0.1, -0.05) is 0 Å². The summed E-state index contributed by atoms with van der Waals surface area (Å²) in [4.78, 5) is 14.1. The number of aliphatic hydroxyl groups excluding tert-OH is 1. The van der Waals surface area contributed by atoms with Gasteiger partial charge in [0.2, 0.25) is 0 Å². The first-order valence-electron chi connectivity index (χ1n) is 8.60. The molecule has 130 valence electrons. The average molecular weight is 314 g/mol. The SMILES string of the molecule is CC(O)CCCNC(C)CC1CCCN1C(=O)OC(C)(C)C. The number of likely N-dealkylation sites (tertiary alicyclic amines) is 1. The molecule has 0 saturated carbocycles. The van der Waals surface area contributed by atoms with Crippen molar-refractivity contribution >= 4 is 6.09 Å². The molecule has 1 aliphatic rings. The molecule has 5 heteroatoms. The first kappa shape index (κ1) is 19.2. The van der Waals surface area contributed by atoms with Crippen LogP contribution in [0.4, 0.5) is 4.79 Å². The second kappa shape index (κ2) is 8.73. The molecule has 2 N–H and O–H groups in total. The first-order chi connectivity index (χ1) is 10.2. The molecule has 0 aromatic heterocycles. The number of nitrogens with zero attached hydrogens (tertiary/aromatic N) is 1. The van der Waals surface area contributed by atoms with E-state index in [1.165, 1.54) is 0 Å². The Morgan fingerprint density at radius 3 is 2.68 bits per heavy atom. The van der Waals surface area contributed by atoms with Crippen molar-refractivity contribution in [1.82, 2.24) is 10.2 Å². The van der Waals surface area contributed by atoms with E-state index in [-0.39, 0.29) is 18.2 Å². The van der Waals surface area contributed by atoms with E-state index >= 15 is 0 Å². The highest BCUT2D eigenvalue weighted by Gasteiger charge is 2.32. The molecule has 0 aliphatic carbocycles. The van der Waals surface area contributed by atoms with Gasteiger partial charge in [0.1, 0.15) is 5.60 Å². The first-order valence-corrected chi connectivity index (χ1v) is 8.60. The maximum absolute atomic E-state index is 12.2. The number of carbonyl (C=O) groups is 1. The van der Waals surface area contributed by atoms with Crippen LogP contribution in [0.25, 0.3) is 0 Å². The fourth-order valence-corrected chi connectivity index (χ4v) is 2.88. The van der Waals surface area contributed by atoms with E-state index in [4.69, 9.17) is 4.74 Å². The highest BCUT2D eigenvalue weighted by molar-refractivity contribution is 5.68. The summed E-state index contributed by atoms with van der Waals surface area (Å²) in [5.41, 5.74) is -0.435. The summed E-state index contributed by atoms with van der Waals surface area (Å²) in [5, 5.41) is 12.7. The van der Waals surface area contributed by atoms with Crippen LogP contribution in [0.2, 0.25) is 0 Å². The number of rotatable bonds is 7. The third-order valence-electron chi connectivity index (χ3n) is 3.92. The minimum Gasteiger partial charge on any atom is -0.444 e. The molecule has 1 amide bonds. The molecule has 1 aliphatic heterocycles. The molecule has 0 aromatic carbocycles. The van der Waals surface area contributed by atoms with Crippen molar-refractivity contribution in [1.29, 1.82) is 0 Å². The molecule has 1 rings (SSSR count). The second-order valence-corrected chi connectivity index (χ2v) is 7.55. The Labute approximate surface area is 135 Å². The molecule has 1 heterocycles. The minimum absolute atomic E-state index is 0.184. The van der Waals surface area contributed by atoms with Gasteiger partial charge >= 0.3 is 6.09 Å². The number of nitrogens with one attached hydrogen (secondary N) is 1. The lowest BCUT2D eigenvalue weighted by atomic mass is 10.1.